The number of amides is 1. The van der Waals surface area contributed by atoms with Gasteiger partial charge in [-0.3, -0.25) is 14.5 Å². The number of ketones is 1. The zero-order valence-electron chi connectivity index (χ0n) is 20.7. The number of ether oxygens (including phenoxy) is 1. The van der Waals surface area contributed by atoms with Gasteiger partial charge in [-0.15, -0.1) is 0 Å². The van der Waals surface area contributed by atoms with E-state index in [0.29, 0.717) is 27.7 Å². The maximum absolute atomic E-state index is 13.5. The second-order valence-corrected chi connectivity index (χ2v) is 10.8. The molecule has 1 aliphatic rings. The summed E-state index contributed by atoms with van der Waals surface area (Å²) in [6.07, 6.45) is 0. The molecule has 0 saturated heterocycles. The van der Waals surface area contributed by atoms with Gasteiger partial charge in [0, 0.05) is 0 Å². The zero-order chi connectivity index (χ0) is 25.8. The third-order valence-corrected chi connectivity index (χ3v) is 7.32. The molecule has 2 aromatic heterocycles. The van der Waals surface area contributed by atoms with Crippen LogP contribution in [-0.4, -0.2) is 28.9 Å². The highest BCUT2D eigenvalue weighted by atomic mass is 32.1. The number of carbonyl (C=O) groups excluding carboxylic acids is 2. The van der Waals surface area contributed by atoms with Gasteiger partial charge in [0.25, 0.3) is 5.91 Å². The van der Waals surface area contributed by atoms with Gasteiger partial charge in [-0.05, 0) is 53.8 Å². The van der Waals surface area contributed by atoms with Crippen LogP contribution in [0.5, 0.6) is 5.75 Å². The van der Waals surface area contributed by atoms with E-state index in [-0.39, 0.29) is 16.7 Å². The molecule has 8 heteroatoms. The monoisotopic (exact) mass is 502 g/mol. The predicted octanol–water partition coefficient (Wildman–Crippen LogP) is 6.29. The second kappa shape index (κ2) is 8.64. The molecular weight excluding hydrogens is 476 g/mol. The number of hydrogen-bond donors (Lipinski definition) is 1. The Labute approximate surface area is 212 Å². The van der Waals surface area contributed by atoms with Gasteiger partial charge < -0.3 is 14.3 Å². The summed E-state index contributed by atoms with van der Waals surface area (Å²) < 4.78 is 11.7. The van der Waals surface area contributed by atoms with Crippen molar-refractivity contribution < 1.29 is 23.8 Å². The molecule has 0 radical (unpaired) electrons. The topological polar surface area (TPSA) is 92.9 Å². The smallest absolute Gasteiger partial charge is 0.296 e. The van der Waals surface area contributed by atoms with E-state index in [0.717, 1.165) is 10.3 Å². The number of hydrogen-bond acceptors (Lipinski definition) is 7. The number of methoxy groups -OCH3 is 1. The largest absolute Gasteiger partial charge is 0.503 e. The Morgan fingerprint density at radius 3 is 2.44 bits per heavy atom. The van der Waals surface area contributed by atoms with Gasteiger partial charge in [0.15, 0.2) is 16.7 Å². The van der Waals surface area contributed by atoms with Gasteiger partial charge in [-0.1, -0.05) is 56.4 Å². The summed E-state index contributed by atoms with van der Waals surface area (Å²) in [5.74, 6) is -0.526. The first-order valence-electron chi connectivity index (χ1n) is 11.5. The summed E-state index contributed by atoms with van der Waals surface area (Å²) in [6.45, 7) is 8.07. The van der Waals surface area contributed by atoms with Gasteiger partial charge in [0.1, 0.15) is 11.5 Å². The molecular formula is C28H26N2O5S. The lowest BCUT2D eigenvalue weighted by molar-refractivity contribution is -0.117. The Morgan fingerprint density at radius 1 is 1.11 bits per heavy atom. The molecule has 0 fully saturated rings. The van der Waals surface area contributed by atoms with Gasteiger partial charge in [-0.25, -0.2) is 4.98 Å². The molecule has 7 nitrogen and oxygen atoms in total. The van der Waals surface area contributed by atoms with Crippen LogP contribution in [0.3, 0.4) is 0 Å². The first-order chi connectivity index (χ1) is 17.1. The Morgan fingerprint density at radius 2 is 1.83 bits per heavy atom. The first kappa shape index (κ1) is 23.8. The van der Waals surface area contributed by atoms with E-state index in [9.17, 15) is 14.7 Å². The second-order valence-electron chi connectivity index (χ2n) is 9.78. The number of aryl methyl sites for hydroxylation is 1. The molecule has 3 heterocycles. The van der Waals surface area contributed by atoms with E-state index in [2.05, 4.69) is 25.8 Å². The molecule has 4 aromatic rings. The molecule has 0 aliphatic carbocycles. The standard InChI is InChI=1S/C28H26N2O5S/c1-15-6-13-20(35-15)24(31)22-23(16-7-9-17(10-8-16)28(2,3)4)30(26(33)25(22)32)27-29-19-12-11-18(34-5)14-21(19)36-27/h6-14,23,32H,1-5H3. The minimum atomic E-state index is -0.869. The summed E-state index contributed by atoms with van der Waals surface area (Å²) in [7, 11) is 1.58. The van der Waals surface area contributed by atoms with Crippen molar-refractivity contribution in [3.8, 4) is 5.75 Å². The average Bonchev–Trinajstić information content (AvgIpc) is 3.53. The third-order valence-electron chi connectivity index (χ3n) is 6.30. The Balaban J connectivity index is 1.66. The lowest BCUT2D eigenvalue weighted by atomic mass is 9.85. The van der Waals surface area contributed by atoms with Crippen molar-refractivity contribution in [2.24, 2.45) is 0 Å². The lowest BCUT2D eigenvalue weighted by Gasteiger charge is -2.25. The Bertz CT molecular complexity index is 1520. The Hall–Kier alpha value is -3.91. The van der Waals surface area contributed by atoms with Crippen LogP contribution in [0.1, 0.15) is 54.3 Å². The SMILES string of the molecule is COc1ccc2nc(N3C(=O)C(O)=C(C(=O)c4ccc(C)o4)C3c3ccc(C(C)(C)C)cc3)sc2c1. The number of Topliss-reactive ketones (excluding diaryl/α,β-unsaturated/α-hetero) is 1. The fourth-order valence-electron chi connectivity index (χ4n) is 4.33. The lowest BCUT2D eigenvalue weighted by Crippen LogP contribution is -2.31. The molecule has 1 unspecified atom stereocenters. The van der Waals surface area contributed by atoms with Gasteiger partial charge >= 0.3 is 0 Å². The van der Waals surface area contributed by atoms with Crippen molar-refractivity contribution >= 4 is 38.4 Å². The van der Waals surface area contributed by atoms with Crippen LogP contribution in [-0.2, 0) is 10.2 Å². The number of carbonyl (C=O) groups is 2. The van der Waals surface area contributed by atoms with Crippen molar-refractivity contribution in [2.45, 2.75) is 39.2 Å². The quantitative estimate of drug-likeness (QED) is 0.323. The number of fused-ring (bicyclic) bond motifs is 1. The zero-order valence-corrected chi connectivity index (χ0v) is 21.5. The van der Waals surface area contributed by atoms with Gasteiger partial charge in [-0.2, -0.15) is 0 Å². The summed E-state index contributed by atoms with van der Waals surface area (Å²) in [5, 5.41) is 11.4. The van der Waals surface area contributed by atoms with Crippen LogP contribution >= 0.6 is 11.3 Å². The fraction of sp³-hybridized carbons (Fsp3) is 0.250. The molecule has 0 spiro atoms. The van der Waals surface area contributed by atoms with Gasteiger partial charge in [0.2, 0.25) is 5.78 Å². The van der Waals surface area contributed by atoms with E-state index in [1.54, 1.807) is 32.2 Å². The molecule has 36 heavy (non-hydrogen) atoms. The normalized spacial score (nSPS) is 16.3. The molecule has 0 bridgehead atoms. The summed E-state index contributed by atoms with van der Waals surface area (Å²) in [5.41, 5.74) is 2.37. The minimum Gasteiger partial charge on any atom is -0.503 e. The Kier molecular flexibility index (Phi) is 5.71. The molecule has 2 aromatic carbocycles. The number of furan rings is 1. The highest BCUT2D eigenvalue weighted by Gasteiger charge is 2.46. The van der Waals surface area contributed by atoms with Crippen molar-refractivity contribution in [1.82, 2.24) is 4.98 Å². The number of nitrogens with zero attached hydrogens (tertiary/aromatic N) is 2. The third kappa shape index (κ3) is 3.97. The average molecular weight is 503 g/mol. The molecule has 5 rings (SSSR count). The van der Waals surface area contributed by atoms with Crippen LogP contribution in [0.25, 0.3) is 10.2 Å². The number of thiazole rings is 1. The maximum atomic E-state index is 13.5. The van der Waals surface area contributed by atoms with E-state index < -0.39 is 23.5 Å². The summed E-state index contributed by atoms with van der Waals surface area (Å²) in [6, 6.07) is 15.6. The molecule has 1 aliphatic heterocycles. The van der Waals surface area contributed by atoms with Crippen LogP contribution in [0.2, 0.25) is 0 Å². The van der Waals surface area contributed by atoms with E-state index in [1.807, 2.05) is 36.4 Å². The van der Waals surface area contributed by atoms with Crippen molar-refractivity contribution in [3.63, 3.8) is 0 Å². The summed E-state index contributed by atoms with van der Waals surface area (Å²) in [4.78, 5) is 33.0. The van der Waals surface area contributed by atoms with Gasteiger partial charge in [0.05, 0.1) is 28.9 Å². The van der Waals surface area contributed by atoms with Crippen molar-refractivity contribution in [1.29, 1.82) is 0 Å². The van der Waals surface area contributed by atoms with Crippen molar-refractivity contribution in [2.75, 3.05) is 12.0 Å². The number of benzene rings is 2. The van der Waals surface area contributed by atoms with Crippen LogP contribution in [0.4, 0.5) is 5.13 Å². The van der Waals surface area contributed by atoms with E-state index >= 15 is 0 Å². The molecule has 1 atom stereocenters. The highest BCUT2D eigenvalue weighted by molar-refractivity contribution is 7.22. The molecule has 1 amide bonds. The molecule has 0 saturated carbocycles. The van der Waals surface area contributed by atoms with Crippen molar-refractivity contribution in [3.05, 3.63) is 88.6 Å². The van der Waals surface area contributed by atoms with E-state index in [4.69, 9.17) is 9.15 Å². The van der Waals surface area contributed by atoms with Crippen LogP contribution in [0.15, 0.2) is 70.3 Å². The number of aliphatic hydroxyl groups excluding tert-OH is 1. The first-order valence-corrected chi connectivity index (χ1v) is 12.3. The summed E-state index contributed by atoms with van der Waals surface area (Å²) >= 11 is 1.29. The predicted molar refractivity (Wildman–Crippen MR) is 139 cm³/mol. The van der Waals surface area contributed by atoms with E-state index in [1.165, 1.54) is 16.2 Å². The number of aliphatic hydroxyl groups is 1. The maximum Gasteiger partial charge on any atom is 0.296 e. The fourth-order valence-corrected chi connectivity index (χ4v) is 5.35. The number of rotatable bonds is 5. The molecule has 1 N–H and O–H groups in total. The number of aromatic nitrogens is 1. The highest BCUT2D eigenvalue weighted by Crippen LogP contribution is 2.45. The minimum absolute atomic E-state index is 0.0327. The van der Waals surface area contributed by atoms with Crippen LogP contribution < -0.4 is 9.64 Å². The molecule has 184 valence electrons. The van der Waals surface area contributed by atoms with Crippen LogP contribution in [0, 0.1) is 6.92 Å². The number of anilines is 1.